The number of aromatic nitrogens is 1. The van der Waals surface area contributed by atoms with Crippen molar-refractivity contribution in [3.63, 3.8) is 0 Å². The number of carbonyl (C=O) groups excluding carboxylic acids is 2. The Morgan fingerprint density at radius 3 is 2.58 bits per heavy atom. The van der Waals surface area contributed by atoms with Crippen LogP contribution in [-0.2, 0) is 11.3 Å². The van der Waals surface area contributed by atoms with Crippen LogP contribution in [0.1, 0.15) is 48.8 Å². The van der Waals surface area contributed by atoms with Crippen molar-refractivity contribution in [2.24, 2.45) is 5.92 Å². The summed E-state index contributed by atoms with van der Waals surface area (Å²) in [5, 5.41) is 4.11. The van der Waals surface area contributed by atoms with Crippen molar-refractivity contribution in [1.82, 2.24) is 9.88 Å². The molecule has 0 bridgehead atoms. The first-order valence-corrected chi connectivity index (χ1v) is 11.0. The summed E-state index contributed by atoms with van der Waals surface area (Å²) in [6, 6.07) is 15.9. The second-order valence-corrected chi connectivity index (χ2v) is 9.32. The molecule has 3 aromatic rings. The van der Waals surface area contributed by atoms with Gasteiger partial charge in [0.25, 0.3) is 5.91 Å². The number of anilines is 1. The Kier molecular flexibility index (Phi) is 5.38. The van der Waals surface area contributed by atoms with Gasteiger partial charge in [-0.1, -0.05) is 49.7 Å². The van der Waals surface area contributed by atoms with Crippen LogP contribution in [0.5, 0.6) is 0 Å². The third kappa shape index (κ3) is 3.62. The zero-order valence-corrected chi connectivity index (χ0v) is 19.0. The second kappa shape index (κ2) is 7.88. The van der Waals surface area contributed by atoms with Crippen LogP contribution in [0.3, 0.4) is 0 Å². The lowest BCUT2D eigenvalue weighted by Crippen LogP contribution is -2.64. The average molecular weight is 418 g/mol. The number of nitrogens with one attached hydrogen (secondary N) is 1. The minimum atomic E-state index is -1.04. The number of rotatable bonds is 5. The van der Waals surface area contributed by atoms with Gasteiger partial charge >= 0.3 is 0 Å². The molecule has 0 saturated heterocycles. The number of amides is 2. The van der Waals surface area contributed by atoms with Crippen LogP contribution >= 0.6 is 0 Å². The monoisotopic (exact) mass is 417 g/mol. The van der Waals surface area contributed by atoms with Crippen LogP contribution in [-0.4, -0.2) is 28.5 Å². The molecule has 1 aliphatic heterocycles. The van der Waals surface area contributed by atoms with Crippen molar-refractivity contribution in [1.29, 1.82) is 0 Å². The molecule has 5 nitrogen and oxygen atoms in total. The summed E-state index contributed by atoms with van der Waals surface area (Å²) >= 11 is 0. The maximum absolute atomic E-state index is 13.9. The first-order valence-electron chi connectivity index (χ1n) is 11.0. The van der Waals surface area contributed by atoms with E-state index in [1.54, 1.807) is 4.90 Å². The van der Waals surface area contributed by atoms with E-state index in [4.69, 9.17) is 0 Å². The molecule has 31 heavy (non-hydrogen) atoms. The summed E-state index contributed by atoms with van der Waals surface area (Å²) in [6.45, 7) is 11.2. The molecule has 2 amide bonds. The predicted octanol–water partition coefficient (Wildman–Crippen LogP) is 4.84. The molecule has 5 heteroatoms. The van der Waals surface area contributed by atoms with Crippen LogP contribution in [0.25, 0.3) is 10.9 Å². The molecule has 162 valence electrons. The van der Waals surface area contributed by atoms with E-state index < -0.39 is 5.54 Å². The minimum absolute atomic E-state index is 0.120. The van der Waals surface area contributed by atoms with Gasteiger partial charge in [0.15, 0.2) is 0 Å². The van der Waals surface area contributed by atoms with Crippen LogP contribution in [0.15, 0.2) is 48.5 Å². The highest BCUT2D eigenvalue weighted by molar-refractivity contribution is 6.14. The molecular weight excluding hydrogens is 386 g/mol. The van der Waals surface area contributed by atoms with Crippen LogP contribution in [0.2, 0.25) is 0 Å². The molecule has 1 unspecified atom stereocenters. The zero-order valence-electron chi connectivity index (χ0n) is 19.0. The van der Waals surface area contributed by atoms with E-state index in [9.17, 15) is 9.59 Å². The molecule has 1 N–H and O–H groups in total. The van der Waals surface area contributed by atoms with Crippen molar-refractivity contribution in [2.45, 2.75) is 53.1 Å². The van der Waals surface area contributed by atoms with E-state index in [2.05, 4.69) is 25.2 Å². The lowest BCUT2D eigenvalue weighted by atomic mass is 9.92. The molecule has 1 aromatic heterocycles. The fourth-order valence-electron chi connectivity index (χ4n) is 4.54. The van der Waals surface area contributed by atoms with E-state index in [1.165, 1.54) is 0 Å². The SMILES string of the molecule is Cc1ccc(N2C(=O)c3cc4ccccc4n3CC2(C)C(=O)NCCC(C)C)c(C)c1. The lowest BCUT2D eigenvalue weighted by Gasteiger charge is -2.44. The Morgan fingerprint density at radius 1 is 1.13 bits per heavy atom. The molecule has 1 aliphatic rings. The molecule has 2 heterocycles. The lowest BCUT2D eigenvalue weighted by molar-refractivity contribution is -0.126. The Labute approximate surface area is 184 Å². The molecule has 1 atom stereocenters. The van der Waals surface area contributed by atoms with Crippen molar-refractivity contribution in [3.8, 4) is 0 Å². The van der Waals surface area contributed by atoms with E-state index in [0.29, 0.717) is 24.7 Å². The summed E-state index contributed by atoms with van der Waals surface area (Å²) in [4.78, 5) is 29.1. The summed E-state index contributed by atoms with van der Waals surface area (Å²) in [7, 11) is 0. The molecular formula is C26H31N3O2. The predicted molar refractivity (Wildman–Crippen MR) is 126 cm³/mol. The topological polar surface area (TPSA) is 54.3 Å². The third-order valence-corrected chi connectivity index (χ3v) is 6.28. The molecule has 0 aliphatic carbocycles. The normalized spacial score (nSPS) is 18.5. The van der Waals surface area contributed by atoms with Crippen molar-refractivity contribution >= 4 is 28.4 Å². The number of nitrogens with zero attached hydrogens (tertiary/aromatic N) is 2. The third-order valence-electron chi connectivity index (χ3n) is 6.28. The molecule has 0 saturated carbocycles. The first kappa shape index (κ1) is 21.2. The van der Waals surface area contributed by atoms with Gasteiger partial charge in [-0.2, -0.15) is 0 Å². The van der Waals surface area contributed by atoms with Crippen LogP contribution in [0, 0.1) is 19.8 Å². The molecule has 0 radical (unpaired) electrons. The van der Waals surface area contributed by atoms with Crippen molar-refractivity contribution in [3.05, 3.63) is 65.4 Å². The Hall–Kier alpha value is -3.08. The van der Waals surface area contributed by atoms with Crippen LogP contribution < -0.4 is 10.2 Å². The van der Waals surface area contributed by atoms with E-state index in [1.807, 2.05) is 67.8 Å². The highest BCUT2D eigenvalue weighted by atomic mass is 16.2. The number of aryl methyl sites for hydroxylation is 2. The molecule has 4 rings (SSSR count). The molecule has 0 fully saturated rings. The molecule has 2 aromatic carbocycles. The average Bonchev–Trinajstić information content (AvgIpc) is 3.08. The summed E-state index contributed by atoms with van der Waals surface area (Å²) < 4.78 is 2.00. The number of benzene rings is 2. The standard InChI is InChI=1S/C26H31N3O2/c1-17(2)12-13-27-25(31)26(5)16-28-22-9-7-6-8-20(22)15-23(28)24(30)29(26)21-11-10-18(3)14-19(21)4/h6-11,14-15,17H,12-13,16H2,1-5H3,(H,27,31). The van der Waals surface area contributed by atoms with Gasteiger partial charge in [0.05, 0.1) is 6.54 Å². The maximum Gasteiger partial charge on any atom is 0.275 e. The fraction of sp³-hybridized carbons (Fsp3) is 0.385. The molecule has 0 spiro atoms. The Morgan fingerprint density at radius 2 is 1.87 bits per heavy atom. The van der Waals surface area contributed by atoms with Gasteiger partial charge in [-0.05, 0) is 56.9 Å². The van der Waals surface area contributed by atoms with Gasteiger partial charge in [0.1, 0.15) is 11.2 Å². The van der Waals surface area contributed by atoms with E-state index in [-0.39, 0.29) is 11.8 Å². The van der Waals surface area contributed by atoms with Gasteiger partial charge in [-0.15, -0.1) is 0 Å². The van der Waals surface area contributed by atoms with Crippen molar-refractivity contribution < 1.29 is 9.59 Å². The van der Waals surface area contributed by atoms with E-state index >= 15 is 0 Å². The summed E-state index contributed by atoms with van der Waals surface area (Å²) in [5.41, 5.74) is 3.46. The van der Waals surface area contributed by atoms with Gasteiger partial charge in [-0.3, -0.25) is 14.5 Å². The van der Waals surface area contributed by atoms with Gasteiger partial charge in [0, 0.05) is 23.1 Å². The van der Waals surface area contributed by atoms with Gasteiger partial charge in [0.2, 0.25) is 5.91 Å². The van der Waals surface area contributed by atoms with Gasteiger partial charge in [-0.25, -0.2) is 0 Å². The second-order valence-electron chi connectivity index (χ2n) is 9.32. The quantitative estimate of drug-likeness (QED) is 0.646. The smallest absolute Gasteiger partial charge is 0.275 e. The highest BCUT2D eigenvalue weighted by Crippen LogP contribution is 2.37. The zero-order chi connectivity index (χ0) is 22.3. The Bertz CT molecular complexity index is 1160. The minimum Gasteiger partial charge on any atom is -0.354 e. The van der Waals surface area contributed by atoms with Crippen LogP contribution in [0.4, 0.5) is 5.69 Å². The first-order chi connectivity index (χ1) is 14.7. The van der Waals surface area contributed by atoms with Crippen molar-refractivity contribution in [2.75, 3.05) is 11.4 Å². The number of carbonyl (C=O) groups is 2. The highest BCUT2D eigenvalue weighted by Gasteiger charge is 2.48. The number of hydrogen-bond acceptors (Lipinski definition) is 2. The largest absolute Gasteiger partial charge is 0.354 e. The fourth-order valence-corrected chi connectivity index (χ4v) is 4.54. The number of para-hydroxylation sites is 1. The Balaban J connectivity index is 1.84. The maximum atomic E-state index is 13.9. The van der Waals surface area contributed by atoms with E-state index in [0.717, 1.165) is 34.1 Å². The summed E-state index contributed by atoms with van der Waals surface area (Å²) in [5.74, 6) is 0.234. The summed E-state index contributed by atoms with van der Waals surface area (Å²) in [6.07, 6.45) is 0.900. The number of hydrogen-bond donors (Lipinski definition) is 1. The van der Waals surface area contributed by atoms with Gasteiger partial charge < -0.3 is 9.88 Å². The number of fused-ring (bicyclic) bond motifs is 3.